The van der Waals surface area contributed by atoms with Gasteiger partial charge in [-0.1, -0.05) is 37.9 Å². The summed E-state index contributed by atoms with van der Waals surface area (Å²) in [6, 6.07) is 0.550. The topological polar surface area (TPSA) is 47.0 Å². The lowest BCUT2D eigenvalue weighted by atomic mass is 9.93. The fourth-order valence-corrected chi connectivity index (χ4v) is 5.79. The van der Waals surface area contributed by atoms with Crippen molar-refractivity contribution in [3.8, 4) is 0 Å². The number of rotatable bonds is 5. The number of anilines is 1. The Hall–Kier alpha value is -0.850. The number of aromatic nitrogens is 2. The third-order valence-corrected chi connectivity index (χ3v) is 7.44. The molecule has 6 heteroatoms. The van der Waals surface area contributed by atoms with Gasteiger partial charge in [-0.25, -0.2) is 9.97 Å². The fourth-order valence-electron chi connectivity index (χ4n) is 3.93. The van der Waals surface area contributed by atoms with Gasteiger partial charge in [0.1, 0.15) is 10.6 Å². The molecule has 0 unspecified atom stereocenters. The predicted molar refractivity (Wildman–Crippen MR) is 111 cm³/mol. The van der Waals surface area contributed by atoms with Crippen LogP contribution in [0, 0.1) is 0 Å². The van der Waals surface area contributed by atoms with Crippen molar-refractivity contribution in [3.05, 3.63) is 10.4 Å². The fraction of sp³-hybridized carbons (Fsp3) is 0.700. The van der Waals surface area contributed by atoms with Crippen molar-refractivity contribution < 1.29 is 4.74 Å². The normalized spacial score (nSPS) is 20.3. The van der Waals surface area contributed by atoms with E-state index in [0.717, 1.165) is 34.4 Å². The summed E-state index contributed by atoms with van der Waals surface area (Å²) in [6.45, 7) is 7.26. The van der Waals surface area contributed by atoms with E-state index < -0.39 is 0 Å². The van der Waals surface area contributed by atoms with Gasteiger partial charge in [0, 0.05) is 23.1 Å². The Morgan fingerprint density at radius 2 is 2.04 bits per heavy atom. The van der Waals surface area contributed by atoms with Gasteiger partial charge in [-0.15, -0.1) is 11.3 Å². The SMILES string of the molecule is CCCSc1nc(NC2CCCCC2)c2c3c(sc2n1)COC(C)(C)C3. The van der Waals surface area contributed by atoms with Crippen molar-refractivity contribution in [2.75, 3.05) is 11.1 Å². The zero-order chi connectivity index (χ0) is 18.1. The molecule has 26 heavy (non-hydrogen) atoms. The summed E-state index contributed by atoms with van der Waals surface area (Å²) >= 11 is 3.57. The molecule has 1 fully saturated rings. The number of hydrogen-bond acceptors (Lipinski definition) is 6. The summed E-state index contributed by atoms with van der Waals surface area (Å²) in [4.78, 5) is 12.3. The summed E-state index contributed by atoms with van der Waals surface area (Å²) in [5, 5.41) is 5.98. The Morgan fingerprint density at radius 1 is 1.23 bits per heavy atom. The van der Waals surface area contributed by atoms with E-state index in [0.29, 0.717) is 12.6 Å². The van der Waals surface area contributed by atoms with Crippen LogP contribution in [0.1, 0.15) is 69.7 Å². The first-order chi connectivity index (χ1) is 12.6. The van der Waals surface area contributed by atoms with Gasteiger partial charge in [0.05, 0.1) is 17.6 Å². The third kappa shape index (κ3) is 3.87. The van der Waals surface area contributed by atoms with E-state index in [9.17, 15) is 0 Å². The van der Waals surface area contributed by atoms with E-state index in [4.69, 9.17) is 14.7 Å². The molecule has 2 aliphatic rings. The van der Waals surface area contributed by atoms with Crippen molar-refractivity contribution >= 4 is 39.1 Å². The average molecular weight is 392 g/mol. The van der Waals surface area contributed by atoms with E-state index in [1.165, 1.54) is 47.9 Å². The third-order valence-electron chi connectivity index (χ3n) is 5.29. The molecule has 2 aromatic rings. The van der Waals surface area contributed by atoms with E-state index in [2.05, 4.69) is 26.1 Å². The Morgan fingerprint density at radius 3 is 2.81 bits per heavy atom. The predicted octanol–water partition coefficient (Wildman–Crippen LogP) is 5.79. The number of ether oxygens (including phenoxy) is 1. The molecule has 4 rings (SSSR count). The van der Waals surface area contributed by atoms with Crippen LogP contribution in [0.4, 0.5) is 5.82 Å². The molecule has 4 nitrogen and oxygen atoms in total. The van der Waals surface area contributed by atoms with Crippen molar-refractivity contribution in [1.82, 2.24) is 9.97 Å². The minimum atomic E-state index is -0.112. The van der Waals surface area contributed by atoms with Gasteiger partial charge >= 0.3 is 0 Å². The number of thioether (sulfide) groups is 1. The molecule has 3 heterocycles. The first-order valence-corrected chi connectivity index (χ1v) is 11.7. The van der Waals surface area contributed by atoms with Crippen LogP contribution in [0.15, 0.2) is 5.16 Å². The largest absolute Gasteiger partial charge is 0.370 e. The molecule has 142 valence electrons. The van der Waals surface area contributed by atoms with Gasteiger partial charge in [-0.05, 0) is 38.7 Å². The zero-order valence-corrected chi connectivity index (χ0v) is 17.7. The Kier molecular flexibility index (Phi) is 5.44. The average Bonchev–Trinajstić information content (AvgIpc) is 2.97. The lowest BCUT2D eigenvalue weighted by molar-refractivity contribution is -0.0379. The van der Waals surface area contributed by atoms with Crippen LogP contribution in [0.2, 0.25) is 0 Å². The molecule has 1 saturated carbocycles. The maximum Gasteiger partial charge on any atom is 0.190 e. The molecule has 0 aromatic carbocycles. The van der Waals surface area contributed by atoms with Gasteiger partial charge < -0.3 is 10.1 Å². The molecule has 2 aromatic heterocycles. The first kappa shape index (κ1) is 18.5. The van der Waals surface area contributed by atoms with E-state index in [1.807, 2.05) is 0 Å². The summed E-state index contributed by atoms with van der Waals surface area (Å²) in [7, 11) is 0. The standard InChI is InChI=1S/C20H29N3OS2/c1-4-10-25-19-22-17(21-13-8-6-5-7-9-13)16-14-11-20(2,3)24-12-15(14)26-18(16)23-19/h13H,4-12H2,1-3H3,(H,21,22,23). The molecule has 0 saturated heterocycles. The molecule has 1 N–H and O–H groups in total. The molecule has 1 aliphatic carbocycles. The number of hydrogen-bond donors (Lipinski definition) is 1. The number of nitrogens with one attached hydrogen (secondary N) is 1. The summed E-state index contributed by atoms with van der Waals surface area (Å²) < 4.78 is 6.04. The Labute approximate surface area is 164 Å². The lowest BCUT2D eigenvalue weighted by Gasteiger charge is -2.30. The van der Waals surface area contributed by atoms with Crippen LogP contribution in [-0.4, -0.2) is 27.4 Å². The van der Waals surface area contributed by atoms with Gasteiger partial charge in [0.25, 0.3) is 0 Å². The minimum absolute atomic E-state index is 0.112. The van der Waals surface area contributed by atoms with Crippen molar-refractivity contribution in [2.24, 2.45) is 0 Å². The molecule has 1 aliphatic heterocycles. The first-order valence-electron chi connectivity index (χ1n) is 9.91. The Bertz CT molecular complexity index is 781. The van der Waals surface area contributed by atoms with Crippen LogP contribution < -0.4 is 5.32 Å². The number of nitrogens with zero attached hydrogens (tertiary/aromatic N) is 2. The molecule has 0 radical (unpaired) electrons. The summed E-state index contributed by atoms with van der Waals surface area (Å²) in [6.07, 6.45) is 8.60. The monoisotopic (exact) mass is 391 g/mol. The molecule has 0 spiro atoms. The Balaban J connectivity index is 1.75. The van der Waals surface area contributed by atoms with Crippen LogP contribution in [0.5, 0.6) is 0 Å². The second-order valence-electron chi connectivity index (χ2n) is 8.09. The maximum absolute atomic E-state index is 6.04. The lowest BCUT2D eigenvalue weighted by Crippen LogP contribution is -2.31. The number of fused-ring (bicyclic) bond motifs is 3. The molecular formula is C20H29N3OS2. The van der Waals surface area contributed by atoms with Crippen molar-refractivity contribution in [3.63, 3.8) is 0 Å². The van der Waals surface area contributed by atoms with E-state index in [-0.39, 0.29) is 5.60 Å². The maximum atomic E-state index is 6.04. The zero-order valence-electron chi connectivity index (χ0n) is 16.1. The summed E-state index contributed by atoms with van der Waals surface area (Å²) in [5.74, 6) is 2.13. The summed E-state index contributed by atoms with van der Waals surface area (Å²) in [5.41, 5.74) is 1.30. The van der Waals surface area contributed by atoms with Crippen molar-refractivity contribution in [2.45, 2.75) is 89.1 Å². The van der Waals surface area contributed by atoms with E-state index in [1.54, 1.807) is 23.1 Å². The second-order valence-corrected chi connectivity index (χ2v) is 10.2. The van der Waals surface area contributed by atoms with Crippen molar-refractivity contribution in [1.29, 1.82) is 0 Å². The van der Waals surface area contributed by atoms with Crippen LogP contribution in [0.3, 0.4) is 0 Å². The van der Waals surface area contributed by atoms with Crippen LogP contribution in [-0.2, 0) is 17.8 Å². The highest BCUT2D eigenvalue weighted by atomic mass is 32.2. The molecule has 0 amide bonds. The van der Waals surface area contributed by atoms with Crippen LogP contribution in [0.25, 0.3) is 10.2 Å². The van der Waals surface area contributed by atoms with Gasteiger partial charge in [-0.3, -0.25) is 0 Å². The van der Waals surface area contributed by atoms with Crippen LogP contribution >= 0.6 is 23.1 Å². The second kappa shape index (κ2) is 7.64. The number of thiophene rings is 1. The van der Waals surface area contributed by atoms with Gasteiger partial charge in [-0.2, -0.15) is 0 Å². The molecular weight excluding hydrogens is 362 g/mol. The van der Waals surface area contributed by atoms with Gasteiger partial charge in [0.15, 0.2) is 5.16 Å². The molecule has 0 bridgehead atoms. The molecule has 0 atom stereocenters. The highest BCUT2D eigenvalue weighted by Crippen LogP contribution is 2.42. The minimum Gasteiger partial charge on any atom is -0.370 e. The highest BCUT2D eigenvalue weighted by molar-refractivity contribution is 7.99. The highest BCUT2D eigenvalue weighted by Gasteiger charge is 2.31. The smallest absolute Gasteiger partial charge is 0.190 e. The van der Waals surface area contributed by atoms with Gasteiger partial charge in [0.2, 0.25) is 0 Å². The van der Waals surface area contributed by atoms with E-state index >= 15 is 0 Å². The quantitative estimate of drug-likeness (QED) is 0.516.